The molecule has 0 aromatic carbocycles. The zero-order chi connectivity index (χ0) is 7.40. The second-order valence-electron chi connectivity index (χ2n) is 1.98. The summed E-state index contributed by atoms with van der Waals surface area (Å²) in [5, 5.41) is 2.06. The number of hydrogen-bond donors (Lipinski definition) is 1. The molecular weight excluding hydrogens is 212 g/mol. The van der Waals surface area contributed by atoms with Crippen molar-refractivity contribution in [1.29, 1.82) is 0 Å². The quantitative estimate of drug-likeness (QED) is 0.845. The third kappa shape index (κ3) is 2.36. The van der Waals surface area contributed by atoms with Gasteiger partial charge in [0, 0.05) is 5.38 Å². The SMILES string of the molecule is NCCCc1csc(Br)n1. The Morgan fingerprint density at radius 2 is 2.50 bits per heavy atom. The van der Waals surface area contributed by atoms with Crippen LogP contribution in [0.2, 0.25) is 0 Å². The first-order chi connectivity index (χ1) is 4.83. The lowest BCUT2D eigenvalue weighted by atomic mass is 10.3. The van der Waals surface area contributed by atoms with E-state index in [1.165, 1.54) is 0 Å². The van der Waals surface area contributed by atoms with Crippen LogP contribution in [0.25, 0.3) is 0 Å². The highest BCUT2D eigenvalue weighted by atomic mass is 79.9. The molecule has 0 aliphatic carbocycles. The third-order valence-corrected chi connectivity index (χ3v) is 2.57. The van der Waals surface area contributed by atoms with E-state index in [0.717, 1.165) is 29.0 Å². The molecule has 0 atom stereocenters. The highest BCUT2D eigenvalue weighted by molar-refractivity contribution is 9.11. The zero-order valence-corrected chi connectivity index (χ0v) is 7.91. The molecule has 10 heavy (non-hydrogen) atoms. The van der Waals surface area contributed by atoms with Crippen LogP contribution >= 0.6 is 27.3 Å². The Balaban J connectivity index is 2.42. The predicted molar refractivity (Wildman–Crippen MR) is 47.2 cm³/mol. The van der Waals surface area contributed by atoms with E-state index in [9.17, 15) is 0 Å². The molecule has 0 saturated heterocycles. The van der Waals surface area contributed by atoms with E-state index in [0.29, 0.717) is 0 Å². The van der Waals surface area contributed by atoms with Gasteiger partial charge in [0.1, 0.15) is 0 Å². The van der Waals surface area contributed by atoms with E-state index in [1.54, 1.807) is 11.3 Å². The summed E-state index contributed by atoms with van der Waals surface area (Å²) < 4.78 is 0.958. The maximum absolute atomic E-state index is 5.35. The van der Waals surface area contributed by atoms with Crippen LogP contribution in [-0.2, 0) is 6.42 Å². The highest BCUT2D eigenvalue weighted by Crippen LogP contribution is 2.16. The summed E-state index contributed by atoms with van der Waals surface area (Å²) in [4.78, 5) is 4.23. The molecule has 1 aromatic heterocycles. The maximum Gasteiger partial charge on any atom is 0.159 e. The van der Waals surface area contributed by atoms with Crippen LogP contribution in [0.15, 0.2) is 9.30 Å². The van der Waals surface area contributed by atoms with Crippen LogP contribution in [0.4, 0.5) is 0 Å². The summed E-state index contributed by atoms with van der Waals surface area (Å²) in [5.41, 5.74) is 6.49. The van der Waals surface area contributed by atoms with E-state index >= 15 is 0 Å². The molecule has 1 heterocycles. The fourth-order valence-corrected chi connectivity index (χ4v) is 1.76. The van der Waals surface area contributed by atoms with Gasteiger partial charge in [0.25, 0.3) is 0 Å². The summed E-state index contributed by atoms with van der Waals surface area (Å²) >= 11 is 4.92. The Labute approximate surface area is 72.6 Å². The van der Waals surface area contributed by atoms with E-state index in [4.69, 9.17) is 5.73 Å². The normalized spacial score (nSPS) is 10.2. The number of thiazole rings is 1. The van der Waals surface area contributed by atoms with E-state index in [2.05, 4.69) is 26.3 Å². The predicted octanol–water partition coefficient (Wildman–Crippen LogP) is 1.80. The number of nitrogens with two attached hydrogens (primary N) is 1. The first kappa shape index (κ1) is 8.17. The van der Waals surface area contributed by atoms with Gasteiger partial charge >= 0.3 is 0 Å². The van der Waals surface area contributed by atoms with Crippen LogP contribution < -0.4 is 5.73 Å². The molecular formula is C6H9BrN2S. The Bertz CT molecular complexity index is 199. The van der Waals surface area contributed by atoms with Crippen molar-refractivity contribution in [3.05, 3.63) is 15.0 Å². The van der Waals surface area contributed by atoms with Gasteiger partial charge in [-0.1, -0.05) is 0 Å². The van der Waals surface area contributed by atoms with Crippen molar-refractivity contribution in [2.75, 3.05) is 6.54 Å². The van der Waals surface area contributed by atoms with Crippen LogP contribution in [0.3, 0.4) is 0 Å². The van der Waals surface area contributed by atoms with Gasteiger partial charge in [-0.3, -0.25) is 0 Å². The molecule has 0 fully saturated rings. The summed E-state index contributed by atoms with van der Waals surface area (Å²) in [6.45, 7) is 0.745. The van der Waals surface area contributed by atoms with Crippen LogP contribution in [-0.4, -0.2) is 11.5 Å². The molecule has 56 valence electrons. The first-order valence-corrected chi connectivity index (χ1v) is 4.80. The Kier molecular flexibility index (Phi) is 3.31. The van der Waals surface area contributed by atoms with Crippen molar-refractivity contribution in [2.45, 2.75) is 12.8 Å². The minimum absolute atomic E-state index is 0.745. The second-order valence-corrected chi connectivity index (χ2v) is 4.12. The lowest BCUT2D eigenvalue weighted by molar-refractivity contribution is 0.814. The monoisotopic (exact) mass is 220 g/mol. The van der Waals surface area contributed by atoms with Crippen LogP contribution in [0.5, 0.6) is 0 Å². The molecule has 0 radical (unpaired) electrons. The molecule has 0 aliphatic rings. The Morgan fingerprint density at radius 1 is 1.70 bits per heavy atom. The van der Waals surface area contributed by atoms with Gasteiger partial charge in [-0.05, 0) is 35.3 Å². The van der Waals surface area contributed by atoms with Crippen molar-refractivity contribution >= 4 is 27.3 Å². The van der Waals surface area contributed by atoms with Gasteiger partial charge in [0.2, 0.25) is 0 Å². The summed E-state index contributed by atoms with van der Waals surface area (Å²) in [6, 6.07) is 0. The smallest absolute Gasteiger partial charge is 0.159 e. The molecule has 2 nitrogen and oxygen atoms in total. The van der Waals surface area contributed by atoms with Crippen molar-refractivity contribution in [3.8, 4) is 0 Å². The number of nitrogens with zero attached hydrogens (tertiary/aromatic N) is 1. The fraction of sp³-hybridized carbons (Fsp3) is 0.500. The molecule has 0 bridgehead atoms. The lowest BCUT2D eigenvalue weighted by Crippen LogP contribution is -2.00. The Hall–Kier alpha value is 0.0700. The third-order valence-electron chi connectivity index (χ3n) is 1.16. The number of rotatable bonds is 3. The van der Waals surface area contributed by atoms with Gasteiger partial charge in [-0.15, -0.1) is 11.3 Å². The first-order valence-electron chi connectivity index (χ1n) is 3.13. The molecule has 2 N–H and O–H groups in total. The number of aryl methyl sites for hydroxylation is 1. The molecule has 0 amide bonds. The van der Waals surface area contributed by atoms with E-state index in [-0.39, 0.29) is 0 Å². The minimum Gasteiger partial charge on any atom is -0.330 e. The summed E-state index contributed by atoms with van der Waals surface area (Å²) in [6.07, 6.45) is 2.02. The minimum atomic E-state index is 0.745. The van der Waals surface area contributed by atoms with Gasteiger partial charge in [-0.2, -0.15) is 0 Å². The molecule has 0 spiro atoms. The van der Waals surface area contributed by atoms with Crippen molar-refractivity contribution in [3.63, 3.8) is 0 Å². The summed E-state index contributed by atoms with van der Waals surface area (Å²) in [7, 11) is 0. The standard InChI is InChI=1S/C6H9BrN2S/c7-6-9-5(4-10-6)2-1-3-8/h4H,1-3,8H2. The average molecular weight is 221 g/mol. The Morgan fingerprint density at radius 3 is 3.00 bits per heavy atom. The maximum atomic E-state index is 5.35. The van der Waals surface area contributed by atoms with Crippen LogP contribution in [0.1, 0.15) is 12.1 Å². The van der Waals surface area contributed by atoms with Gasteiger partial charge in [0.15, 0.2) is 3.92 Å². The topological polar surface area (TPSA) is 38.9 Å². The summed E-state index contributed by atoms with van der Waals surface area (Å²) in [5.74, 6) is 0. The number of hydrogen-bond acceptors (Lipinski definition) is 3. The molecule has 1 rings (SSSR count). The van der Waals surface area contributed by atoms with Crippen molar-refractivity contribution in [1.82, 2.24) is 4.98 Å². The highest BCUT2D eigenvalue weighted by Gasteiger charge is 1.96. The molecule has 1 aromatic rings. The second kappa shape index (κ2) is 4.05. The molecule has 4 heteroatoms. The average Bonchev–Trinajstić information content (AvgIpc) is 2.31. The molecule has 0 saturated carbocycles. The van der Waals surface area contributed by atoms with Gasteiger partial charge in [-0.25, -0.2) is 4.98 Å². The zero-order valence-electron chi connectivity index (χ0n) is 5.51. The van der Waals surface area contributed by atoms with E-state index < -0.39 is 0 Å². The van der Waals surface area contributed by atoms with Crippen LogP contribution in [0, 0.1) is 0 Å². The molecule has 0 unspecified atom stereocenters. The van der Waals surface area contributed by atoms with Crippen molar-refractivity contribution in [2.24, 2.45) is 5.73 Å². The van der Waals surface area contributed by atoms with Gasteiger partial charge in [0.05, 0.1) is 5.69 Å². The largest absolute Gasteiger partial charge is 0.330 e. The fourth-order valence-electron chi connectivity index (χ4n) is 0.680. The molecule has 0 aliphatic heterocycles. The lowest BCUT2D eigenvalue weighted by Gasteiger charge is -1.90. The number of aromatic nitrogens is 1. The van der Waals surface area contributed by atoms with Gasteiger partial charge < -0.3 is 5.73 Å². The van der Waals surface area contributed by atoms with E-state index in [1.807, 2.05) is 0 Å². The number of halogens is 1. The van der Waals surface area contributed by atoms with Crippen molar-refractivity contribution < 1.29 is 0 Å².